The van der Waals surface area contributed by atoms with Crippen molar-refractivity contribution in [2.24, 2.45) is 0 Å². The molecule has 1 aromatic heterocycles. The molecule has 0 spiro atoms. The van der Waals surface area contributed by atoms with Crippen LogP contribution in [0.25, 0.3) is 0 Å². The van der Waals surface area contributed by atoms with Gasteiger partial charge in [-0.25, -0.2) is 18.1 Å². The average Bonchev–Trinajstić information content (AvgIpc) is 2.82. The van der Waals surface area contributed by atoms with Gasteiger partial charge < -0.3 is 10.2 Å². The Morgan fingerprint density at radius 3 is 2.48 bits per heavy atom. The first kappa shape index (κ1) is 16.5. The third-order valence-corrected chi connectivity index (χ3v) is 5.93. The number of aryl methyl sites for hydroxylation is 1. The van der Waals surface area contributed by atoms with Gasteiger partial charge in [-0.3, -0.25) is 0 Å². The van der Waals surface area contributed by atoms with Crippen LogP contribution in [0.1, 0.15) is 18.6 Å². The van der Waals surface area contributed by atoms with Gasteiger partial charge >= 0.3 is 0 Å². The normalized spacial score (nSPS) is 11.8. The number of sulfonamides is 1. The van der Waals surface area contributed by atoms with Crippen molar-refractivity contribution in [3.8, 4) is 0 Å². The maximum absolute atomic E-state index is 12.4. The van der Waals surface area contributed by atoms with E-state index < -0.39 is 10.0 Å². The molecule has 21 heavy (non-hydrogen) atoms. The number of oxazole rings is 1. The molecule has 0 atom stereocenters. The van der Waals surface area contributed by atoms with Crippen LogP contribution < -0.4 is 10.5 Å². The van der Waals surface area contributed by atoms with Crippen molar-refractivity contribution in [2.75, 3.05) is 5.73 Å². The Morgan fingerprint density at radius 1 is 1.33 bits per heavy atom. The molecule has 0 saturated heterocycles. The molecule has 6 nitrogen and oxygen atoms in total. The van der Waals surface area contributed by atoms with Crippen LogP contribution in [0.2, 0.25) is 0 Å². The van der Waals surface area contributed by atoms with Crippen LogP contribution in [0.5, 0.6) is 0 Å². The molecule has 3 N–H and O–H groups in total. The summed E-state index contributed by atoms with van der Waals surface area (Å²) in [5.41, 5.74) is 6.11. The highest BCUT2D eigenvalue weighted by molar-refractivity contribution is 9.11. The zero-order valence-electron chi connectivity index (χ0n) is 11.1. The molecule has 114 valence electrons. The lowest BCUT2D eigenvalue weighted by Gasteiger charge is -2.10. The number of nitrogens with one attached hydrogen (secondary N) is 1. The van der Waals surface area contributed by atoms with Crippen molar-refractivity contribution < 1.29 is 12.8 Å². The lowest BCUT2D eigenvalue weighted by molar-refractivity contribution is 0.452. The van der Waals surface area contributed by atoms with Crippen molar-refractivity contribution in [1.29, 1.82) is 0 Å². The first-order valence-electron chi connectivity index (χ1n) is 6.01. The monoisotopic (exact) mass is 437 g/mol. The van der Waals surface area contributed by atoms with E-state index in [2.05, 4.69) is 41.6 Å². The van der Waals surface area contributed by atoms with Crippen molar-refractivity contribution in [1.82, 2.24) is 9.71 Å². The molecule has 0 bridgehead atoms. The van der Waals surface area contributed by atoms with Gasteiger partial charge in [-0.2, -0.15) is 0 Å². The van der Waals surface area contributed by atoms with Crippen LogP contribution in [-0.4, -0.2) is 13.4 Å². The van der Waals surface area contributed by atoms with Gasteiger partial charge in [-0.15, -0.1) is 0 Å². The number of hydrogen-bond donors (Lipinski definition) is 2. The smallest absolute Gasteiger partial charge is 0.243 e. The molecule has 2 rings (SSSR count). The summed E-state index contributed by atoms with van der Waals surface area (Å²) in [6, 6.07) is 3.05. The summed E-state index contributed by atoms with van der Waals surface area (Å²) in [5.74, 6) is 1.03. The van der Waals surface area contributed by atoms with E-state index in [9.17, 15) is 8.42 Å². The van der Waals surface area contributed by atoms with Crippen LogP contribution in [0, 0.1) is 0 Å². The molecule has 0 fully saturated rings. The first-order valence-corrected chi connectivity index (χ1v) is 9.08. The van der Waals surface area contributed by atoms with Gasteiger partial charge in [0.05, 0.1) is 12.7 Å². The highest BCUT2D eigenvalue weighted by Gasteiger charge is 2.22. The molecular formula is C12H13Br2N3O3S. The number of halogens is 2. The second-order valence-electron chi connectivity index (χ2n) is 4.21. The first-order chi connectivity index (χ1) is 9.83. The number of aromatic nitrogens is 1. The summed E-state index contributed by atoms with van der Waals surface area (Å²) in [5, 5.41) is 0. The molecule has 1 heterocycles. The van der Waals surface area contributed by atoms with Gasteiger partial charge in [-0.05, 0) is 44.0 Å². The Hall–Kier alpha value is -0.900. The number of hydrogen-bond acceptors (Lipinski definition) is 5. The molecule has 9 heteroatoms. The van der Waals surface area contributed by atoms with Crippen LogP contribution >= 0.6 is 31.9 Å². The van der Waals surface area contributed by atoms with E-state index in [0.29, 0.717) is 32.7 Å². The summed E-state index contributed by atoms with van der Waals surface area (Å²) < 4.78 is 33.3. The minimum Gasteiger partial charge on any atom is -0.444 e. The molecule has 0 aliphatic heterocycles. The van der Waals surface area contributed by atoms with Gasteiger partial charge in [-0.1, -0.05) is 6.92 Å². The van der Waals surface area contributed by atoms with E-state index in [4.69, 9.17) is 10.2 Å². The predicted molar refractivity (Wildman–Crippen MR) is 86.2 cm³/mol. The van der Waals surface area contributed by atoms with Crippen molar-refractivity contribution in [2.45, 2.75) is 24.8 Å². The molecule has 2 aromatic rings. The molecule has 0 amide bonds. The number of rotatable bonds is 5. The van der Waals surface area contributed by atoms with E-state index in [1.54, 1.807) is 6.20 Å². The summed E-state index contributed by atoms with van der Waals surface area (Å²) in [4.78, 5) is 4.09. The SMILES string of the molecule is CCc1cnc(CNS(=O)(=O)c2c(Br)cc(N)cc2Br)o1. The van der Waals surface area contributed by atoms with Gasteiger partial charge in [0.15, 0.2) is 0 Å². The fraction of sp³-hybridized carbons (Fsp3) is 0.250. The molecule has 0 aliphatic rings. The van der Waals surface area contributed by atoms with Crippen molar-refractivity contribution in [3.05, 3.63) is 38.9 Å². The van der Waals surface area contributed by atoms with Gasteiger partial charge in [0.1, 0.15) is 10.7 Å². The Bertz CT molecular complexity index is 736. The fourth-order valence-corrected chi connectivity index (χ4v) is 5.25. The third-order valence-electron chi connectivity index (χ3n) is 2.65. The zero-order valence-corrected chi connectivity index (χ0v) is 15.0. The van der Waals surface area contributed by atoms with Gasteiger partial charge in [0, 0.05) is 21.1 Å². The van der Waals surface area contributed by atoms with Crippen molar-refractivity contribution >= 4 is 47.6 Å². The van der Waals surface area contributed by atoms with Crippen LogP contribution in [-0.2, 0) is 23.0 Å². The fourth-order valence-electron chi connectivity index (χ4n) is 1.66. The molecule has 0 radical (unpaired) electrons. The van der Waals surface area contributed by atoms with Crippen LogP contribution in [0.15, 0.2) is 36.6 Å². The summed E-state index contributed by atoms with van der Waals surface area (Å²) >= 11 is 6.41. The molecule has 1 aromatic carbocycles. The average molecular weight is 439 g/mol. The van der Waals surface area contributed by atoms with E-state index >= 15 is 0 Å². The second-order valence-corrected chi connectivity index (χ2v) is 7.62. The number of anilines is 1. The molecular weight excluding hydrogens is 426 g/mol. The minimum absolute atomic E-state index is 0.0222. The molecule has 0 aliphatic carbocycles. The zero-order chi connectivity index (χ0) is 15.6. The van der Waals surface area contributed by atoms with E-state index in [-0.39, 0.29) is 11.4 Å². The summed E-state index contributed by atoms with van der Waals surface area (Å²) in [6.45, 7) is 1.91. The quantitative estimate of drug-likeness (QED) is 0.699. The van der Waals surface area contributed by atoms with Gasteiger partial charge in [0.2, 0.25) is 15.9 Å². The second kappa shape index (κ2) is 6.47. The molecule has 0 saturated carbocycles. The molecule has 0 unspecified atom stereocenters. The summed E-state index contributed by atoms with van der Waals surface area (Å²) in [7, 11) is -3.73. The van der Waals surface area contributed by atoms with Crippen LogP contribution in [0.3, 0.4) is 0 Å². The number of nitrogens with two attached hydrogens (primary N) is 1. The Kier molecular flexibility index (Phi) is 5.07. The highest BCUT2D eigenvalue weighted by Crippen LogP contribution is 2.32. The van der Waals surface area contributed by atoms with Crippen LogP contribution in [0.4, 0.5) is 5.69 Å². The van der Waals surface area contributed by atoms with Crippen molar-refractivity contribution in [3.63, 3.8) is 0 Å². The Labute approximate surface area is 139 Å². The number of nitrogen functional groups attached to an aromatic ring is 1. The Morgan fingerprint density at radius 2 is 1.95 bits per heavy atom. The largest absolute Gasteiger partial charge is 0.444 e. The summed E-state index contributed by atoms with van der Waals surface area (Å²) in [6.07, 6.45) is 2.29. The lowest BCUT2D eigenvalue weighted by atomic mass is 10.3. The lowest BCUT2D eigenvalue weighted by Crippen LogP contribution is -2.24. The van der Waals surface area contributed by atoms with E-state index in [1.165, 1.54) is 12.1 Å². The Balaban J connectivity index is 2.23. The highest BCUT2D eigenvalue weighted by atomic mass is 79.9. The standard InChI is InChI=1S/C12H13Br2N3O3S/c1-2-8-5-16-11(20-8)6-17-21(18,19)12-9(13)3-7(15)4-10(12)14/h3-5,17H,2,6,15H2,1H3. The number of benzene rings is 1. The number of nitrogens with zero attached hydrogens (tertiary/aromatic N) is 1. The minimum atomic E-state index is -3.73. The maximum atomic E-state index is 12.4. The van der Waals surface area contributed by atoms with E-state index in [1.807, 2.05) is 6.92 Å². The maximum Gasteiger partial charge on any atom is 0.243 e. The topological polar surface area (TPSA) is 98.2 Å². The van der Waals surface area contributed by atoms with E-state index in [0.717, 1.165) is 0 Å². The third kappa shape index (κ3) is 3.85. The predicted octanol–water partition coefficient (Wildman–Crippen LogP) is 2.82. The van der Waals surface area contributed by atoms with Gasteiger partial charge in [0.25, 0.3) is 0 Å².